The molecule has 0 aliphatic carbocycles. The molecule has 2 aromatic heterocycles. The number of benzene rings is 1. The van der Waals surface area contributed by atoms with Crippen molar-refractivity contribution in [2.75, 3.05) is 57.4 Å². The lowest BCUT2D eigenvalue weighted by Crippen LogP contribution is -2.49. The fraction of sp³-hybridized carbons (Fsp3) is 0.500. The van der Waals surface area contributed by atoms with Gasteiger partial charge in [0.05, 0.1) is 35.7 Å². The number of piperazine rings is 1. The number of ether oxygens (including phenoxy) is 2. The highest BCUT2D eigenvalue weighted by Crippen LogP contribution is 2.38. The number of carbonyl (C=O) groups excluding carboxylic acids is 1. The van der Waals surface area contributed by atoms with E-state index in [-0.39, 0.29) is 6.09 Å². The van der Waals surface area contributed by atoms with Crippen molar-refractivity contribution in [2.45, 2.75) is 39.5 Å². The molecule has 200 valence electrons. The molecule has 0 N–H and O–H groups in total. The molecule has 0 saturated carbocycles. The quantitative estimate of drug-likeness (QED) is 0.497. The van der Waals surface area contributed by atoms with Gasteiger partial charge in [-0.15, -0.1) is 11.3 Å². The van der Waals surface area contributed by atoms with Crippen molar-refractivity contribution in [1.82, 2.24) is 19.8 Å². The van der Waals surface area contributed by atoms with Gasteiger partial charge in [0, 0.05) is 68.7 Å². The number of hydrogen-bond acceptors (Lipinski definition) is 9. The zero-order valence-corrected chi connectivity index (χ0v) is 23.1. The minimum atomic E-state index is -0.482. The fourth-order valence-electron chi connectivity index (χ4n) is 5.15. The molecule has 0 atom stereocenters. The summed E-state index contributed by atoms with van der Waals surface area (Å²) in [6.45, 7) is 13.1. The molecule has 38 heavy (non-hydrogen) atoms. The highest BCUT2D eigenvalue weighted by molar-refractivity contribution is 7.17. The van der Waals surface area contributed by atoms with Crippen LogP contribution in [-0.2, 0) is 22.6 Å². The summed E-state index contributed by atoms with van der Waals surface area (Å²) in [6.07, 6.45) is 1.75. The van der Waals surface area contributed by atoms with Crippen LogP contribution in [0.3, 0.4) is 0 Å². The Hall–Kier alpha value is -3.08. The van der Waals surface area contributed by atoms with Crippen LogP contribution in [0.1, 0.15) is 37.5 Å². The monoisotopic (exact) mass is 534 g/mol. The summed E-state index contributed by atoms with van der Waals surface area (Å²) in [5.41, 5.74) is 6.23. The molecule has 3 aromatic rings. The summed E-state index contributed by atoms with van der Waals surface area (Å²) >= 11 is 1.71. The average Bonchev–Trinajstić information content (AvgIpc) is 3.55. The van der Waals surface area contributed by atoms with Crippen LogP contribution < -0.4 is 4.90 Å². The van der Waals surface area contributed by atoms with E-state index >= 15 is 0 Å². The first-order valence-corrected chi connectivity index (χ1v) is 14.2. The van der Waals surface area contributed by atoms with E-state index in [2.05, 4.69) is 38.4 Å². The Morgan fingerprint density at radius 1 is 1.08 bits per heavy atom. The van der Waals surface area contributed by atoms with Gasteiger partial charge in [0.25, 0.3) is 0 Å². The van der Waals surface area contributed by atoms with Crippen LogP contribution in [0.25, 0.3) is 21.5 Å². The number of rotatable bonds is 4. The zero-order chi connectivity index (χ0) is 26.3. The van der Waals surface area contributed by atoms with E-state index in [1.54, 1.807) is 11.3 Å². The number of nitrogens with zero attached hydrogens (tertiary/aromatic N) is 6. The first-order valence-electron chi connectivity index (χ1n) is 13.3. The van der Waals surface area contributed by atoms with E-state index in [1.807, 2.05) is 31.9 Å². The summed E-state index contributed by atoms with van der Waals surface area (Å²) in [6, 6.07) is 6.39. The molecule has 1 amide bonds. The van der Waals surface area contributed by atoms with Gasteiger partial charge in [0.1, 0.15) is 5.60 Å². The number of anilines is 1. The van der Waals surface area contributed by atoms with E-state index in [4.69, 9.17) is 19.4 Å². The first-order chi connectivity index (χ1) is 18.4. The van der Waals surface area contributed by atoms with Gasteiger partial charge in [-0.1, -0.05) is 18.2 Å². The third-order valence-corrected chi connectivity index (χ3v) is 8.15. The molecule has 0 bridgehead atoms. The smallest absolute Gasteiger partial charge is 0.410 e. The Morgan fingerprint density at radius 3 is 2.63 bits per heavy atom. The van der Waals surface area contributed by atoms with Gasteiger partial charge < -0.3 is 19.3 Å². The maximum absolute atomic E-state index is 12.5. The molecule has 0 radical (unpaired) electrons. The van der Waals surface area contributed by atoms with E-state index in [1.165, 1.54) is 11.1 Å². The van der Waals surface area contributed by atoms with Gasteiger partial charge in [-0.05, 0) is 31.7 Å². The van der Waals surface area contributed by atoms with Crippen molar-refractivity contribution >= 4 is 39.8 Å². The highest BCUT2D eigenvalue weighted by Gasteiger charge is 2.27. The molecule has 9 nitrogen and oxygen atoms in total. The standard InChI is InChI=1S/C28H34N6O3S/c1-28(2,3)37-27(35)34-9-7-32(8-10-34)17-20-18-38-25-23(20)30-26(33-11-13-36-14-12-33)31-24(25)21-6-4-5-19-15-29-16-22(19)21/h4-6,16,18H,7-15,17H2,1-3H3. The summed E-state index contributed by atoms with van der Waals surface area (Å²) in [4.78, 5) is 33.7. The largest absolute Gasteiger partial charge is 0.444 e. The Kier molecular flexibility index (Phi) is 6.79. The lowest BCUT2D eigenvalue weighted by Gasteiger charge is -2.35. The van der Waals surface area contributed by atoms with Gasteiger partial charge in [-0.25, -0.2) is 14.8 Å². The number of thiophene rings is 1. The number of fused-ring (bicyclic) bond motifs is 2. The third-order valence-electron chi connectivity index (χ3n) is 7.12. The topological polar surface area (TPSA) is 83.4 Å². The molecule has 1 aromatic carbocycles. The van der Waals surface area contributed by atoms with Gasteiger partial charge in [-0.2, -0.15) is 0 Å². The summed E-state index contributed by atoms with van der Waals surface area (Å²) in [7, 11) is 0. The van der Waals surface area contributed by atoms with Crippen molar-refractivity contribution in [3.05, 3.63) is 40.3 Å². The van der Waals surface area contributed by atoms with Gasteiger partial charge in [0.15, 0.2) is 0 Å². The van der Waals surface area contributed by atoms with E-state index in [0.717, 1.165) is 72.3 Å². The van der Waals surface area contributed by atoms with Crippen LogP contribution >= 0.6 is 11.3 Å². The molecule has 0 spiro atoms. The summed E-state index contributed by atoms with van der Waals surface area (Å²) in [5, 5.41) is 2.23. The maximum Gasteiger partial charge on any atom is 0.410 e. The van der Waals surface area contributed by atoms with Crippen molar-refractivity contribution in [2.24, 2.45) is 4.99 Å². The molecule has 6 rings (SSSR count). The van der Waals surface area contributed by atoms with Crippen molar-refractivity contribution in [3.8, 4) is 11.3 Å². The molecule has 2 fully saturated rings. The van der Waals surface area contributed by atoms with Gasteiger partial charge in [0.2, 0.25) is 5.95 Å². The van der Waals surface area contributed by atoms with E-state index in [0.29, 0.717) is 26.3 Å². The average molecular weight is 535 g/mol. The Bertz CT molecular complexity index is 1370. The van der Waals surface area contributed by atoms with E-state index < -0.39 is 5.60 Å². The number of aliphatic imine (C=N–C) groups is 1. The summed E-state index contributed by atoms with van der Waals surface area (Å²) in [5.74, 6) is 0.762. The van der Waals surface area contributed by atoms with Crippen LogP contribution in [0, 0.1) is 0 Å². The second-order valence-electron chi connectivity index (χ2n) is 11.0. The molecule has 5 heterocycles. The predicted molar refractivity (Wildman–Crippen MR) is 150 cm³/mol. The maximum atomic E-state index is 12.5. The molecule has 3 aliphatic rings. The zero-order valence-electron chi connectivity index (χ0n) is 22.3. The third kappa shape index (κ3) is 5.12. The predicted octanol–water partition coefficient (Wildman–Crippen LogP) is 4.18. The van der Waals surface area contributed by atoms with Crippen LogP contribution in [0.4, 0.5) is 10.7 Å². The number of carbonyl (C=O) groups is 1. The molecule has 2 saturated heterocycles. The first kappa shape index (κ1) is 25.2. The number of morpholine rings is 1. The lowest BCUT2D eigenvalue weighted by molar-refractivity contribution is 0.0139. The minimum Gasteiger partial charge on any atom is -0.444 e. The lowest BCUT2D eigenvalue weighted by atomic mass is 10.0. The molecular formula is C28H34N6O3S. The molecular weight excluding hydrogens is 500 g/mol. The van der Waals surface area contributed by atoms with Crippen LogP contribution in [0.15, 0.2) is 28.6 Å². The highest BCUT2D eigenvalue weighted by atomic mass is 32.1. The van der Waals surface area contributed by atoms with Crippen LogP contribution in [-0.4, -0.2) is 90.2 Å². The number of hydrogen-bond donors (Lipinski definition) is 0. The molecule has 10 heteroatoms. The fourth-order valence-corrected chi connectivity index (χ4v) is 6.16. The van der Waals surface area contributed by atoms with Crippen molar-refractivity contribution in [3.63, 3.8) is 0 Å². The molecule has 3 aliphatic heterocycles. The molecule has 0 unspecified atom stereocenters. The van der Waals surface area contributed by atoms with Crippen molar-refractivity contribution < 1.29 is 14.3 Å². The normalized spacial score (nSPS) is 18.3. The Balaban J connectivity index is 1.29. The minimum absolute atomic E-state index is 0.232. The van der Waals surface area contributed by atoms with Crippen LogP contribution in [0.5, 0.6) is 0 Å². The van der Waals surface area contributed by atoms with E-state index in [9.17, 15) is 4.79 Å². The second-order valence-corrected chi connectivity index (χ2v) is 11.9. The second kappa shape index (κ2) is 10.2. The SMILES string of the molecule is CC(C)(C)OC(=O)N1CCN(Cc2csc3c(-c4cccc5c4C=NC5)nc(N4CCOCC4)nc23)CC1. The summed E-state index contributed by atoms with van der Waals surface area (Å²) < 4.78 is 12.3. The number of aromatic nitrogens is 2. The Labute approximate surface area is 227 Å². The van der Waals surface area contributed by atoms with Crippen LogP contribution in [0.2, 0.25) is 0 Å². The van der Waals surface area contributed by atoms with Gasteiger partial charge in [-0.3, -0.25) is 9.89 Å². The van der Waals surface area contributed by atoms with Crippen molar-refractivity contribution in [1.29, 1.82) is 0 Å². The number of amides is 1. The Morgan fingerprint density at radius 2 is 1.87 bits per heavy atom. The van der Waals surface area contributed by atoms with Gasteiger partial charge >= 0.3 is 6.09 Å².